The smallest absolute Gasteiger partial charge is 0.150 e. The number of anilines is 1. The zero-order valence-electron chi connectivity index (χ0n) is 8.97. The van der Waals surface area contributed by atoms with Gasteiger partial charge in [0.15, 0.2) is 0 Å². The molecule has 88 valence electrons. The van der Waals surface area contributed by atoms with Crippen LogP contribution in [0.1, 0.15) is 5.56 Å². The second-order valence-corrected chi connectivity index (χ2v) is 5.32. The van der Waals surface area contributed by atoms with Crippen molar-refractivity contribution in [2.75, 3.05) is 5.73 Å². The normalized spacial score (nSPS) is 12.3. The monoisotopic (exact) mass is 266 g/mol. The van der Waals surface area contributed by atoms with Crippen molar-refractivity contribution in [3.05, 3.63) is 53.2 Å². The van der Waals surface area contributed by atoms with Gasteiger partial charge in [-0.3, -0.25) is 4.21 Å². The fourth-order valence-corrected chi connectivity index (χ4v) is 2.66. The molecular weight excluding hydrogens is 256 g/mol. The predicted molar refractivity (Wildman–Crippen MR) is 70.2 cm³/mol. The number of aromatic nitrogens is 1. The van der Waals surface area contributed by atoms with Crippen molar-refractivity contribution in [1.82, 2.24) is 4.98 Å². The number of nitrogens with two attached hydrogens (primary N) is 1. The van der Waals surface area contributed by atoms with E-state index in [0.717, 1.165) is 5.56 Å². The Kier molecular flexibility index (Phi) is 3.76. The van der Waals surface area contributed by atoms with Crippen molar-refractivity contribution in [3.8, 4) is 0 Å². The molecule has 5 heteroatoms. The first-order valence-electron chi connectivity index (χ1n) is 5.00. The van der Waals surface area contributed by atoms with Crippen LogP contribution in [0, 0.1) is 0 Å². The third-order valence-electron chi connectivity index (χ3n) is 2.23. The van der Waals surface area contributed by atoms with Crippen molar-refractivity contribution in [2.24, 2.45) is 0 Å². The first kappa shape index (κ1) is 12.1. The van der Waals surface area contributed by atoms with E-state index in [-0.39, 0.29) is 0 Å². The van der Waals surface area contributed by atoms with E-state index in [1.54, 1.807) is 30.5 Å². The number of pyridine rings is 1. The minimum atomic E-state index is -1.23. The summed E-state index contributed by atoms with van der Waals surface area (Å²) >= 11 is 5.78. The summed E-state index contributed by atoms with van der Waals surface area (Å²) in [5, 5.41) is 1.10. The fourth-order valence-electron chi connectivity index (χ4n) is 1.39. The van der Waals surface area contributed by atoms with Crippen LogP contribution in [0.4, 0.5) is 5.69 Å². The van der Waals surface area contributed by atoms with Gasteiger partial charge in [-0.1, -0.05) is 23.7 Å². The molecule has 0 saturated carbocycles. The molecule has 2 N–H and O–H groups in total. The largest absolute Gasteiger partial charge is 0.396 e. The van der Waals surface area contributed by atoms with Gasteiger partial charge in [0.1, 0.15) is 5.03 Å². The molecule has 0 aliphatic heterocycles. The third kappa shape index (κ3) is 3.05. The predicted octanol–water partition coefficient (Wildman–Crippen LogP) is 2.63. The highest BCUT2D eigenvalue weighted by molar-refractivity contribution is 7.84. The molecule has 1 heterocycles. The van der Waals surface area contributed by atoms with Crippen LogP contribution in [0.5, 0.6) is 0 Å². The maximum atomic E-state index is 12.1. The van der Waals surface area contributed by atoms with E-state index in [1.807, 2.05) is 12.1 Å². The molecule has 0 aliphatic carbocycles. The lowest BCUT2D eigenvalue weighted by atomic mass is 10.2. The highest BCUT2D eigenvalue weighted by Crippen LogP contribution is 2.17. The standard InChI is InChI=1S/C12H11ClN2OS/c13-10-5-3-9(4-6-10)8-17(16)12-11(14)2-1-7-15-12/h1-7H,8,14H2. The van der Waals surface area contributed by atoms with Gasteiger partial charge in [0.05, 0.1) is 22.2 Å². The Balaban J connectivity index is 2.17. The quantitative estimate of drug-likeness (QED) is 0.929. The molecule has 17 heavy (non-hydrogen) atoms. The first-order chi connectivity index (χ1) is 8.16. The number of halogens is 1. The summed E-state index contributed by atoms with van der Waals surface area (Å²) in [7, 11) is -1.23. The molecule has 1 aromatic carbocycles. The van der Waals surface area contributed by atoms with E-state index >= 15 is 0 Å². The molecule has 3 nitrogen and oxygen atoms in total. The van der Waals surface area contributed by atoms with Gasteiger partial charge in [-0.2, -0.15) is 0 Å². The molecule has 2 rings (SSSR count). The van der Waals surface area contributed by atoms with E-state index in [2.05, 4.69) is 4.98 Å². The lowest BCUT2D eigenvalue weighted by Crippen LogP contribution is -2.03. The maximum Gasteiger partial charge on any atom is 0.150 e. The van der Waals surface area contributed by atoms with Gasteiger partial charge in [-0.05, 0) is 29.8 Å². The molecule has 0 bridgehead atoms. The summed E-state index contributed by atoms with van der Waals surface area (Å²) < 4.78 is 12.1. The molecule has 0 radical (unpaired) electrons. The van der Waals surface area contributed by atoms with E-state index in [4.69, 9.17) is 17.3 Å². The van der Waals surface area contributed by atoms with Crippen LogP contribution in [-0.2, 0) is 16.6 Å². The molecule has 0 aliphatic rings. The lowest BCUT2D eigenvalue weighted by molar-refractivity contribution is 0.680. The zero-order valence-corrected chi connectivity index (χ0v) is 10.5. The highest BCUT2D eigenvalue weighted by Gasteiger charge is 2.09. The number of hydrogen-bond donors (Lipinski definition) is 1. The molecule has 1 aromatic heterocycles. The first-order valence-corrected chi connectivity index (χ1v) is 6.70. The Labute approximate surface area is 107 Å². The van der Waals surface area contributed by atoms with Crippen LogP contribution in [-0.4, -0.2) is 9.19 Å². The summed E-state index contributed by atoms with van der Waals surface area (Å²) in [5.74, 6) is 0.387. The average molecular weight is 267 g/mol. The summed E-state index contributed by atoms with van der Waals surface area (Å²) in [4.78, 5) is 4.04. The van der Waals surface area contributed by atoms with Crippen molar-refractivity contribution >= 4 is 28.1 Å². The summed E-state index contributed by atoms with van der Waals surface area (Å²) in [6.07, 6.45) is 1.59. The van der Waals surface area contributed by atoms with Crippen molar-refractivity contribution in [2.45, 2.75) is 10.8 Å². The van der Waals surface area contributed by atoms with Crippen LogP contribution in [0.2, 0.25) is 5.02 Å². The fraction of sp³-hybridized carbons (Fsp3) is 0.0833. The van der Waals surface area contributed by atoms with Crippen molar-refractivity contribution in [3.63, 3.8) is 0 Å². The Hall–Kier alpha value is -1.39. The van der Waals surface area contributed by atoms with Gasteiger partial charge in [0.2, 0.25) is 0 Å². The van der Waals surface area contributed by atoms with Gasteiger partial charge < -0.3 is 5.73 Å². The topological polar surface area (TPSA) is 56.0 Å². The Morgan fingerprint density at radius 2 is 1.94 bits per heavy atom. The van der Waals surface area contributed by atoms with Gasteiger partial charge >= 0.3 is 0 Å². The van der Waals surface area contributed by atoms with Gasteiger partial charge in [-0.15, -0.1) is 0 Å². The van der Waals surface area contributed by atoms with Crippen molar-refractivity contribution in [1.29, 1.82) is 0 Å². The highest BCUT2D eigenvalue weighted by atomic mass is 35.5. The Bertz CT molecular complexity index is 542. The maximum absolute atomic E-state index is 12.1. The third-order valence-corrected chi connectivity index (χ3v) is 3.85. The van der Waals surface area contributed by atoms with Crippen LogP contribution < -0.4 is 5.73 Å². The number of nitrogens with zero attached hydrogens (tertiary/aromatic N) is 1. The molecule has 1 atom stereocenters. The van der Waals surface area contributed by atoms with E-state index in [0.29, 0.717) is 21.5 Å². The van der Waals surface area contributed by atoms with Crippen molar-refractivity contribution < 1.29 is 4.21 Å². The molecular formula is C12H11ClN2OS. The number of benzene rings is 1. The summed E-state index contributed by atoms with van der Waals surface area (Å²) in [6.45, 7) is 0. The number of hydrogen-bond acceptors (Lipinski definition) is 3. The SMILES string of the molecule is Nc1cccnc1S(=O)Cc1ccc(Cl)cc1. The molecule has 0 amide bonds. The van der Waals surface area contributed by atoms with E-state index in [9.17, 15) is 4.21 Å². The van der Waals surface area contributed by atoms with Crippen LogP contribution in [0.25, 0.3) is 0 Å². The Morgan fingerprint density at radius 1 is 1.24 bits per heavy atom. The lowest BCUT2D eigenvalue weighted by Gasteiger charge is -2.04. The van der Waals surface area contributed by atoms with Crippen LogP contribution in [0.15, 0.2) is 47.6 Å². The van der Waals surface area contributed by atoms with Crippen LogP contribution in [0.3, 0.4) is 0 Å². The second-order valence-electron chi connectivity index (χ2n) is 3.51. The minimum Gasteiger partial charge on any atom is -0.396 e. The second kappa shape index (κ2) is 5.29. The number of rotatable bonds is 3. The summed E-state index contributed by atoms with van der Waals surface area (Å²) in [5.41, 5.74) is 7.12. The average Bonchev–Trinajstić information content (AvgIpc) is 2.32. The van der Waals surface area contributed by atoms with Gasteiger partial charge in [0, 0.05) is 11.2 Å². The molecule has 0 saturated heterocycles. The van der Waals surface area contributed by atoms with Gasteiger partial charge in [-0.25, -0.2) is 4.98 Å². The molecule has 0 fully saturated rings. The molecule has 2 aromatic rings. The van der Waals surface area contributed by atoms with Gasteiger partial charge in [0.25, 0.3) is 0 Å². The van der Waals surface area contributed by atoms with E-state index < -0.39 is 10.8 Å². The zero-order chi connectivity index (χ0) is 12.3. The van der Waals surface area contributed by atoms with Crippen LogP contribution >= 0.6 is 11.6 Å². The van der Waals surface area contributed by atoms with E-state index in [1.165, 1.54) is 0 Å². The Morgan fingerprint density at radius 3 is 2.59 bits per heavy atom. The molecule has 1 unspecified atom stereocenters. The summed E-state index contributed by atoms with van der Waals surface area (Å²) in [6, 6.07) is 10.7. The minimum absolute atomic E-state index is 0.387. The number of nitrogen functional groups attached to an aromatic ring is 1. The molecule has 0 spiro atoms.